The van der Waals surface area contributed by atoms with Crippen molar-refractivity contribution in [3.8, 4) is 0 Å². The summed E-state index contributed by atoms with van der Waals surface area (Å²) >= 11 is 0. The van der Waals surface area contributed by atoms with Gasteiger partial charge in [0.25, 0.3) is 0 Å². The van der Waals surface area contributed by atoms with E-state index in [2.05, 4.69) is 35.7 Å². The third-order valence-electron chi connectivity index (χ3n) is 3.03. The molecule has 2 aromatic carbocycles. The lowest BCUT2D eigenvalue weighted by molar-refractivity contribution is 0.669. The van der Waals surface area contributed by atoms with Crippen LogP contribution in [0.15, 0.2) is 53.0 Å². The van der Waals surface area contributed by atoms with Crippen molar-refractivity contribution in [3.05, 3.63) is 54.1 Å². The molecule has 1 N–H and O–H groups in total. The van der Waals surface area contributed by atoms with Crippen molar-refractivity contribution in [2.45, 2.75) is 0 Å². The maximum absolute atomic E-state index is 5.80. The number of nitrogens with one attached hydrogen (secondary N) is 1. The van der Waals surface area contributed by atoms with Gasteiger partial charge in [-0.3, -0.25) is 0 Å². The third-order valence-corrected chi connectivity index (χ3v) is 3.03. The summed E-state index contributed by atoms with van der Waals surface area (Å²) < 4.78 is 5.80. The van der Waals surface area contributed by atoms with E-state index < -0.39 is 0 Å². The van der Waals surface area contributed by atoms with Crippen molar-refractivity contribution < 1.29 is 4.42 Å². The lowest BCUT2D eigenvalue weighted by Crippen LogP contribution is -2.03. The van der Waals surface area contributed by atoms with Gasteiger partial charge in [0.1, 0.15) is 11.2 Å². The third kappa shape index (κ3) is 1.91. The second-order valence-corrected chi connectivity index (χ2v) is 4.31. The number of rotatable bonds is 3. The van der Waals surface area contributed by atoms with Crippen molar-refractivity contribution >= 4 is 28.0 Å². The van der Waals surface area contributed by atoms with Crippen LogP contribution in [0.3, 0.4) is 0 Å². The van der Waals surface area contributed by atoms with Crippen LogP contribution in [-0.4, -0.2) is 13.6 Å². The number of likely N-dealkylation sites (N-methyl/N-ethyl adjacent to an activating group) is 1. The Labute approximate surface area is 106 Å². The summed E-state index contributed by atoms with van der Waals surface area (Å²) in [6.45, 7) is 0.879. The lowest BCUT2D eigenvalue weighted by atomic mass is 10.1. The van der Waals surface area contributed by atoms with Crippen LogP contribution in [0.5, 0.6) is 0 Å². The number of hydrogen-bond donors (Lipinski definition) is 1. The van der Waals surface area contributed by atoms with E-state index in [1.807, 2.05) is 31.3 Å². The number of benzene rings is 2. The second-order valence-electron chi connectivity index (χ2n) is 4.31. The van der Waals surface area contributed by atoms with Crippen LogP contribution in [0.25, 0.3) is 28.0 Å². The molecule has 0 fully saturated rings. The van der Waals surface area contributed by atoms with Gasteiger partial charge in [-0.1, -0.05) is 36.4 Å². The Kier molecular flexibility index (Phi) is 2.87. The van der Waals surface area contributed by atoms with Crippen molar-refractivity contribution in [1.82, 2.24) is 5.32 Å². The molecule has 0 radical (unpaired) electrons. The van der Waals surface area contributed by atoms with E-state index in [9.17, 15) is 0 Å². The molecule has 3 aromatic rings. The lowest BCUT2D eigenvalue weighted by Gasteiger charge is -1.94. The standard InChI is InChI=1S/C16H15NO/c1-17-10-4-5-12-8-9-16-14(11-12)13-6-2-3-7-15(13)18-16/h2-9,11,17H,10H2,1H3. The Morgan fingerprint density at radius 1 is 1.06 bits per heavy atom. The molecule has 0 amide bonds. The zero-order valence-electron chi connectivity index (χ0n) is 10.3. The Balaban J connectivity index is 2.12. The first-order valence-electron chi connectivity index (χ1n) is 6.11. The molecule has 0 aliphatic carbocycles. The Hall–Kier alpha value is -2.06. The van der Waals surface area contributed by atoms with Crippen LogP contribution < -0.4 is 5.32 Å². The molecular formula is C16H15NO. The maximum atomic E-state index is 5.80. The molecule has 3 rings (SSSR count). The molecule has 0 aliphatic heterocycles. The van der Waals surface area contributed by atoms with Gasteiger partial charge in [0.05, 0.1) is 0 Å². The highest BCUT2D eigenvalue weighted by molar-refractivity contribution is 6.05. The van der Waals surface area contributed by atoms with Gasteiger partial charge >= 0.3 is 0 Å². The smallest absolute Gasteiger partial charge is 0.135 e. The summed E-state index contributed by atoms with van der Waals surface area (Å²) in [4.78, 5) is 0. The highest BCUT2D eigenvalue weighted by atomic mass is 16.3. The van der Waals surface area contributed by atoms with Crippen LogP contribution in [-0.2, 0) is 0 Å². The second kappa shape index (κ2) is 4.67. The van der Waals surface area contributed by atoms with E-state index in [1.54, 1.807) is 0 Å². The minimum Gasteiger partial charge on any atom is -0.456 e. The zero-order valence-corrected chi connectivity index (χ0v) is 10.3. The Bertz CT molecular complexity index is 709. The van der Waals surface area contributed by atoms with Crippen molar-refractivity contribution in [3.63, 3.8) is 0 Å². The fraction of sp³-hybridized carbons (Fsp3) is 0.125. The largest absolute Gasteiger partial charge is 0.456 e. The SMILES string of the molecule is CNCC=Cc1ccc2oc3ccccc3c2c1. The van der Waals surface area contributed by atoms with Gasteiger partial charge in [-0.05, 0) is 30.8 Å². The van der Waals surface area contributed by atoms with Gasteiger partial charge in [-0.25, -0.2) is 0 Å². The van der Waals surface area contributed by atoms with Crippen LogP contribution in [0.1, 0.15) is 5.56 Å². The first-order chi connectivity index (χ1) is 8.88. The molecule has 1 aromatic heterocycles. The van der Waals surface area contributed by atoms with E-state index >= 15 is 0 Å². The number of fused-ring (bicyclic) bond motifs is 3. The number of furan rings is 1. The quantitative estimate of drug-likeness (QED) is 0.749. The fourth-order valence-corrected chi connectivity index (χ4v) is 2.16. The summed E-state index contributed by atoms with van der Waals surface area (Å²) in [5.41, 5.74) is 3.09. The minimum atomic E-state index is 0.879. The molecule has 0 bridgehead atoms. The molecule has 0 atom stereocenters. The fourth-order valence-electron chi connectivity index (χ4n) is 2.16. The van der Waals surface area contributed by atoms with Crippen molar-refractivity contribution in [2.75, 3.05) is 13.6 Å². The maximum Gasteiger partial charge on any atom is 0.135 e. The zero-order chi connectivity index (χ0) is 12.4. The first-order valence-corrected chi connectivity index (χ1v) is 6.11. The van der Waals surface area contributed by atoms with Gasteiger partial charge in [0, 0.05) is 17.3 Å². The molecule has 0 saturated carbocycles. The first kappa shape index (κ1) is 11.1. The molecule has 0 unspecified atom stereocenters. The Morgan fingerprint density at radius 2 is 1.89 bits per heavy atom. The van der Waals surface area contributed by atoms with Gasteiger partial charge in [0.2, 0.25) is 0 Å². The van der Waals surface area contributed by atoms with E-state index in [0.717, 1.165) is 17.7 Å². The molecular weight excluding hydrogens is 222 g/mol. The topological polar surface area (TPSA) is 25.2 Å². The van der Waals surface area contributed by atoms with E-state index in [-0.39, 0.29) is 0 Å². The molecule has 0 spiro atoms. The van der Waals surface area contributed by atoms with Gasteiger partial charge in [0.15, 0.2) is 0 Å². The molecule has 2 heteroatoms. The van der Waals surface area contributed by atoms with E-state index in [1.165, 1.54) is 16.3 Å². The highest BCUT2D eigenvalue weighted by Gasteiger charge is 2.05. The molecule has 1 heterocycles. The average Bonchev–Trinajstić information content (AvgIpc) is 2.77. The van der Waals surface area contributed by atoms with E-state index in [0.29, 0.717) is 0 Å². The average molecular weight is 237 g/mol. The van der Waals surface area contributed by atoms with Gasteiger partial charge in [-0.15, -0.1) is 0 Å². The summed E-state index contributed by atoms with van der Waals surface area (Å²) in [6.07, 6.45) is 4.24. The highest BCUT2D eigenvalue weighted by Crippen LogP contribution is 2.29. The van der Waals surface area contributed by atoms with Gasteiger partial charge < -0.3 is 9.73 Å². The number of hydrogen-bond acceptors (Lipinski definition) is 2. The van der Waals surface area contributed by atoms with Crippen LogP contribution in [0.4, 0.5) is 0 Å². The van der Waals surface area contributed by atoms with E-state index in [4.69, 9.17) is 4.42 Å². The van der Waals surface area contributed by atoms with Crippen molar-refractivity contribution in [2.24, 2.45) is 0 Å². The normalized spacial score (nSPS) is 11.8. The summed E-state index contributed by atoms with van der Waals surface area (Å²) in [5, 5.41) is 5.45. The molecule has 90 valence electrons. The molecule has 18 heavy (non-hydrogen) atoms. The minimum absolute atomic E-state index is 0.879. The van der Waals surface area contributed by atoms with Gasteiger partial charge in [-0.2, -0.15) is 0 Å². The molecule has 0 aliphatic rings. The predicted octanol–water partition coefficient (Wildman–Crippen LogP) is 3.82. The number of para-hydroxylation sites is 1. The monoisotopic (exact) mass is 237 g/mol. The summed E-state index contributed by atoms with van der Waals surface area (Å²) in [6, 6.07) is 14.4. The summed E-state index contributed by atoms with van der Waals surface area (Å²) in [7, 11) is 1.94. The molecule has 2 nitrogen and oxygen atoms in total. The van der Waals surface area contributed by atoms with Crippen LogP contribution in [0.2, 0.25) is 0 Å². The Morgan fingerprint density at radius 3 is 2.78 bits per heavy atom. The predicted molar refractivity (Wildman–Crippen MR) is 76.7 cm³/mol. The molecule has 0 saturated heterocycles. The van der Waals surface area contributed by atoms with Crippen LogP contribution >= 0.6 is 0 Å². The van der Waals surface area contributed by atoms with Crippen molar-refractivity contribution in [1.29, 1.82) is 0 Å². The summed E-state index contributed by atoms with van der Waals surface area (Å²) in [5.74, 6) is 0. The van der Waals surface area contributed by atoms with Crippen LogP contribution in [0, 0.1) is 0 Å².